The highest BCUT2D eigenvalue weighted by molar-refractivity contribution is 5.78. The van der Waals surface area contributed by atoms with E-state index in [0.29, 0.717) is 12.8 Å². The molecule has 0 aromatic heterocycles. The predicted octanol–water partition coefficient (Wildman–Crippen LogP) is 2.52. The Bertz CT molecular complexity index is 254. The van der Waals surface area contributed by atoms with Crippen molar-refractivity contribution in [1.82, 2.24) is 0 Å². The Labute approximate surface area is 98.2 Å². The molecule has 0 spiro atoms. The quantitative estimate of drug-likeness (QED) is 0.755. The van der Waals surface area contributed by atoms with Gasteiger partial charge in [-0.05, 0) is 25.7 Å². The highest BCUT2D eigenvalue weighted by Crippen LogP contribution is 2.47. The third-order valence-corrected chi connectivity index (χ3v) is 4.41. The second-order valence-electron chi connectivity index (χ2n) is 5.44. The maximum Gasteiger partial charge on any atom is 0.314 e. The Balaban J connectivity index is 3.04. The van der Waals surface area contributed by atoms with E-state index in [4.69, 9.17) is 4.74 Å². The first-order valence-electron chi connectivity index (χ1n) is 6.19. The molecule has 1 aliphatic rings. The lowest BCUT2D eigenvalue weighted by molar-refractivity contribution is -0.183. The third kappa shape index (κ3) is 1.97. The average molecular weight is 228 g/mol. The van der Waals surface area contributed by atoms with Gasteiger partial charge in [0.1, 0.15) is 0 Å². The zero-order chi connectivity index (χ0) is 12.4. The van der Waals surface area contributed by atoms with Gasteiger partial charge in [-0.25, -0.2) is 0 Å². The van der Waals surface area contributed by atoms with Gasteiger partial charge in [-0.2, -0.15) is 0 Å². The van der Waals surface area contributed by atoms with Gasteiger partial charge in [-0.1, -0.05) is 33.1 Å². The summed E-state index contributed by atoms with van der Waals surface area (Å²) >= 11 is 0. The van der Waals surface area contributed by atoms with Crippen molar-refractivity contribution in [2.24, 2.45) is 11.3 Å². The van der Waals surface area contributed by atoms with Crippen LogP contribution >= 0.6 is 0 Å². The van der Waals surface area contributed by atoms with Crippen LogP contribution < -0.4 is 0 Å². The van der Waals surface area contributed by atoms with Crippen LogP contribution in [0.2, 0.25) is 0 Å². The fourth-order valence-electron chi connectivity index (χ4n) is 2.83. The molecule has 1 atom stereocenters. The minimum absolute atomic E-state index is 0.0723. The van der Waals surface area contributed by atoms with Crippen molar-refractivity contribution in [3.8, 4) is 0 Å². The van der Waals surface area contributed by atoms with E-state index >= 15 is 0 Å². The number of methoxy groups -OCH3 is 1. The van der Waals surface area contributed by atoms with E-state index in [0.717, 1.165) is 19.3 Å². The molecule has 1 rings (SSSR count). The first kappa shape index (κ1) is 13.5. The molecule has 1 fully saturated rings. The fourth-order valence-corrected chi connectivity index (χ4v) is 2.83. The molecular formula is C13H24O3. The third-order valence-electron chi connectivity index (χ3n) is 4.41. The van der Waals surface area contributed by atoms with Gasteiger partial charge in [0, 0.05) is 0 Å². The molecule has 0 radical (unpaired) electrons. The lowest BCUT2D eigenvalue weighted by Gasteiger charge is -2.47. The lowest BCUT2D eigenvalue weighted by Crippen LogP contribution is -2.55. The Morgan fingerprint density at radius 1 is 1.31 bits per heavy atom. The number of esters is 1. The van der Waals surface area contributed by atoms with E-state index in [9.17, 15) is 9.90 Å². The van der Waals surface area contributed by atoms with E-state index in [-0.39, 0.29) is 11.9 Å². The molecule has 0 aliphatic heterocycles. The summed E-state index contributed by atoms with van der Waals surface area (Å²) in [5.74, 6) is -0.213. The SMILES string of the molecule is COC(=O)C(C)(C(C)C)C1(O)CCCCC1. The average Bonchev–Trinajstić information content (AvgIpc) is 2.27. The second kappa shape index (κ2) is 4.74. The molecular weight excluding hydrogens is 204 g/mol. The van der Waals surface area contributed by atoms with Crippen molar-refractivity contribution >= 4 is 5.97 Å². The summed E-state index contributed by atoms with van der Waals surface area (Å²) in [6.07, 6.45) is 4.55. The van der Waals surface area contributed by atoms with Gasteiger partial charge in [0.2, 0.25) is 0 Å². The number of carbonyl (C=O) groups excluding carboxylic acids is 1. The number of hydrogen-bond acceptors (Lipinski definition) is 3. The van der Waals surface area contributed by atoms with Gasteiger partial charge in [0.25, 0.3) is 0 Å². The van der Waals surface area contributed by atoms with Crippen LogP contribution in [-0.2, 0) is 9.53 Å². The van der Waals surface area contributed by atoms with Crippen molar-refractivity contribution in [2.75, 3.05) is 7.11 Å². The normalized spacial score (nSPS) is 23.9. The van der Waals surface area contributed by atoms with Crippen molar-refractivity contribution in [2.45, 2.75) is 58.5 Å². The Kier molecular flexibility index (Phi) is 4.00. The lowest BCUT2D eigenvalue weighted by atomic mass is 9.61. The standard InChI is InChI=1S/C13H24O3/c1-10(2)12(3,11(14)16-4)13(15)8-6-5-7-9-13/h10,15H,5-9H2,1-4H3. The minimum Gasteiger partial charge on any atom is -0.469 e. The predicted molar refractivity (Wildman–Crippen MR) is 63.0 cm³/mol. The maximum atomic E-state index is 12.0. The van der Waals surface area contributed by atoms with E-state index < -0.39 is 11.0 Å². The molecule has 1 aliphatic carbocycles. The van der Waals surface area contributed by atoms with Gasteiger partial charge in [0.05, 0.1) is 18.1 Å². The number of rotatable bonds is 3. The summed E-state index contributed by atoms with van der Waals surface area (Å²) in [6, 6.07) is 0. The summed E-state index contributed by atoms with van der Waals surface area (Å²) in [5, 5.41) is 10.8. The molecule has 3 nitrogen and oxygen atoms in total. The number of ether oxygens (including phenoxy) is 1. The first-order chi connectivity index (χ1) is 7.38. The topological polar surface area (TPSA) is 46.5 Å². The van der Waals surface area contributed by atoms with E-state index in [1.165, 1.54) is 7.11 Å². The Morgan fingerprint density at radius 3 is 2.19 bits per heavy atom. The van der Waals surface area contributed by atoms with Crippen LogP contribution in [-0.4, -0.2) is 23.8 Å². The molecule has 1 N–H and O–H groups in total. The van der Waals surface area contributed by atoms with Gasteiger partial charge in [0.15, 0.2) is 0 Å². The number of aliphatic hydroxyl groups is 1. The number of carbonyl (C=O) groups is 1. The fraction of sp³-hybridized carbons (Fsp3) is 0.923. The van der Waals surface area contributed by atoms with Crippen LogP contribution in [0.25, 0.3) is 0 Å². The van der Waals surface area contributed by atoms with Gasteiger partial charge >= 0.3 is 5.97 Å². The van der Waals surface area contributed by atoms with Crippen LogP contribution in [0.5, 0.6) is 0 Å². The maximum absolute atomic E-state index is 12.0. The van der Waals surface area contributed by atoms with Crippen LogP contribution in [0.4, 0.5) is 0 Å². The van der Waals surface area contributed by atoms with Crippen molar-refractivity contribution in [1.29, 1.82) is 0 Å². The monoisotopic (exact) mass is 228 g/mol. The van der Waals surface area contributed by atoms with Crippen LogP contribution in [0, 0.1) is 11.3 Å². The second-order valence-corrected chi connectivity index (χ2v) is 5.44. The smallest absolute Gasteiger partial charge is 0.314 e. The highest BCUT2D eigenvalue weighted by atomic mass is 16.5. The van der Waals surface area contributed by atoms with Gasteiger partial charge in [-0.15, -0.1) is 0 Å². The molecule has 0 amide bonds. The first-order valence-corrected chi connectivity index (χ1v) is 6.19. The summed E-state index contributed by atoms with van der Waals surface area (Å²) in [7, 11) is 1.40. The van der Waals surface area contributed by atoms with Crippen molar-refractivity contribution < 1.29 is 14.6 Å². The van der Waals surface area contributed by atoms with Crippen molar-refractivity contribution in [3.05, 3.63) is 0 Å². The Morgan fingerprint density at radius 2 is 1.81 bits per heavy atom. The molecule has 0 heterocycles. The number of hydrogen-bond donors (Lipinski definition) is 1. The molecule has 0 saturated heterocycles. The zero-order valence-electron chi connectivity index (χ0n) is 10.9. The van der Waals surface area contributed by atoms with Crippen LogP contribution in [0.3, 0.4) is 0 Å². The zero-order valence-corrected chi connectivity index (χ0v) is 10.9. The van der Waals surface area contributed by atoms with E-state index in [1.807, 2.05) is 20.8 Å². The van der Waals surface area contributed by atoms with E-state index in [1.54, 1.807) is 0 Å². The molecule has 3 heteroatoms. The van der Waals surface area contributed by atoms with Gasteiger partial charge < -0.3 is 9.84 Å². The molecule has 16 heavy (non-hydrogen) atoms. The Hall–Kier alpha value is -0.570. The molecule has 0 aromatic carbocycles. The molecule has 94 valence electrons. The summed E-state index contributed by atoms with van der Waals surface area (Å²) < 4.78 is 4.90. The summed E-state index contributed by atoms with van der Waals surface area (Å²) in [6.45, 7) is 5.79. The van der Waals surface area contributed by atoms with Crippen molar-refractivity contribution in [3.63, 3.8) is 0 Å². The summed E-state index contributed by atoms with van der Waals surface area (Å²) in [4.78, 5) is 12.0. The van der Waals surface area contributed by atoms with E-state index in [2.05, 4.69) is 0 Å². The van der Waals surface area contributed by atoms with Crippen LogP contribution in [0.15, 0.2) is 0 Å². The molecule has 1 saturated carbocycles. The largest absolute Gasteiger partial charge is 0.469 e. The van der Waals surface area contributed by atoms with Gasteiger partial charge in [-0.3, -0.25) is 4.79 Å². The summed E-state index contributed by atoms with van der Waals surface area (Å²) in [5.41, 5.74) is -1.69. The van der Waals surface area contributed by atoms with Crippen LogP contribution in [0.1, 0.15) is 52.9 Å². The minimum atomic E-state index is -0.896. The molecule has 0 aromatic rings. The molecule has 0 bridgehead atoms. The molecule has 1 unspecified atom stereocenters. The highest BCUT2D eigenvalue weighted by Gasteiger charge is 2.54.